The van der Waals surface area contributed by atoms with E-state index in [0.717, 1.165) is 23.6 Å². The van der Waals surface area contributed by atoms with Gasteiger partial charge in [-0.3, -0.25) is 10.2 Å². The first kappa shape index (κ1) is 13.1. The topological polar surface area (TPSA) is 71.5 Å². The summed E-state index contributed by atoms with van der Waals surface area (Å²) in [5.74, 6) is 6.75. The van der Waals surface area contributed by atoms with E-state index in [1.807, 2.05) is 14.1 Å². The molecule has 0 aromatic carbocycles. The molecule has 5 nitrogen and oxygen atoms in total. The third-order valence-corrected chi connectivity index (χ3v) is 3.01. The summed E-state index contributed by atoms with van der Waals surface area (Å²) in [5.41, 5.74) is 2.95. The van der Waals surface area contributed by atoms with Gasteiger partial charge in [-0.15, -0.1) is 0 Å². The fourth-order valence-electron chi connectivity index (χ4n) is 1.14. The zero-order valence-electron chi connectivity index (χ0n) is 9.53. The molecule has 0 aliphatic carbocycles. The number of nitrogen functional groups attached to an aromatic ring is 1. The molecule has 3 N–H and O–H groups in total. The van der Waals surface area contributed by atoms with E-state index in [4.69, 9.17) is 10.3 Å². The Hall–Kier alpha value is -0.980. The molecule has 16 heavy (non-hydrogen) atoms. The standard InChI is InChI=1S/C10H17N3O2S/c1-13(2)4-6-16-7-8-3-5-15-9(8)10(14)12-11/h3,5H,4,6-7,11H2,1-2H3,(H,12,14). The number of furan rings is 1. The van der Waals surface area contributed by atoms with Crippen LogP contribution in [0, 0.1) is 0 Å². The van der Waals surface area contributed by atoms with Crippen molar-refractivity contribution in [2.24, 2.45) is 5.84 Å². The molecule has 1 aromatic rings. The van der Waals surface area contributed by atoms with Gasteiger partial charge in [0.05, 0.1) is 6.26 Å². The van der Waals surface area contributed by atoms with Crippen molar-refractivity contribution in [3.8, 4) is 0 Å². The molecule has 0 aliphatic heterocycles. The highest BCUT2D eigenvalue weighted by molar-refractivity contribution is 7.98. The van der Waals surface area contributed by atoms with E-state index in [-0.39, 0.29) is 5.91 Å². The Kier molecular flexibility index (Phi) is 5.37. The molecule has 1 heterocycles. The quantitative estimate of drug-likeness (QED) is 0.333. The van der Waals surface area contributed by atoms with Gasteiger partial charge in [0.15, 0.2) is 5.76 Å². The minimum Gasteiger partial charge on any atom is -0.459 e. The molecule has 0 saturated heterocycles. The average Bonchev–Trinajstić information content (AvgIpc) is 2.71. The summed E-state index contributed by atoms with van der Waals surface area (Å²) in [6.07, 6.45) is 1.51. The normalized spacial score (nSPS) is 10.8. The highest BCUT2D eigenvalue weighted by Gasteiger charge is 2.13. The lowest BCUT2D eigenvalue weighted by Crippen LogP contribution is -2.30. The number of amides is 1. The largest absolute Gasteiger partial charge is 0.459 e. The highest BCUT2D eigenvalue weighted by Crippen LogP contribution is 2.17. The number of hydrogen-bond acceptors (Lipinski definition) is 5. The van der Waals surface area contributed by atoms with E-state index in [2.05, 4.69) is 10.3 Å². The SMILES string of the molecule is CN(C)CCSCc1ccoc1C(=O)NN. The molecule has 0 bridgehead atoms. The fraction of sp³-hybridized carbons (Fsp3) is 0.500. The van der Waals surface area contributed by atoms with Crippen LogP contribution in [0.25, 0.3) is 0 Å². The van der Waals surface area contributed by atoms with Crippen LogP contribution in [0.3, 0.4) is 0 Å². The van der Waals surface area contributed by atoms with Gasteiger partial charge >= 0.3 is 5.91 Å². The van der Waals surface area contributed by atoms with Crippen LogP contribution in [0.5, 0.6) is 0 Å². The first-order chi connectivity index (χ1) is 7.65. The van der Waals surface area contributed by atoms with E-state index in [0.29, 0.717) is 5.76 Å². The van der Waals surface area contributed by atoms with Crippen molar-refractivity contribution < 1.29 is 9.21 Å². The predicted octanol–water partition coefficient (Wildman–Crippen LogP) is 0.678. The minimum absolute atomic E-state index is 0.305. The zero-order chi connectivity index (χ0) is 12.0. The van der Waals surface area contributed by atoms with Crippen LogP contribution in [-0.2, 0) is 5.75 Å². The van der Waals surface area contributed by atoms with Crippen LogP contribution in [0.15, 0.2) is 16.7 Å². The van der Waals surface area contributed by atoms with Gasteiger partial charge in [0.2, 0.25) is 0 Å². The molecule has 1 aromatic heterocycles. The highest BCUT2D eigenvalue weighted by atomic mass is 32.2. The van der Waals surface area contributed by atoms with Crippen LogP contribution in [0.2, 0.25) is 0 Å². The summed E-state index contributed by atoms with van der Waals surface area (Å²) in [6.45, 7) is 1.01. The Bertz CT molecular complexity index is 339. The van der Waals surface area contributed by atoms with Crippen LogP contribution in [-0.4, -0.2) is 37.2 Å². The number of thioether (sulfide) groups is 1. The molecule has 0 radical (unpaired) electrons. The second-order valence-corrected chi connectivity index (χ2v) is 4.71. The van der Waals surface area contributed by atoms with E-state index in [9.17, 15) is 4.79 Å². The van der Waals surface area contributed by atoms with Crippen molar-refractivity contribution >= 4 is 17.7 Å². The van der Waals surface area contributed by atoms with E-state index < -0.39 is 0 Å². The van der Waals surface area contributed by atoms with Crippen molar-refractivity contribution in [1.82, 2.24) is 10.3 Å². The van der Waals surface area contributed by atoms with Crippen LogP contribution >= 0.6 is 11.8 Å². The van der Waals surface area contributed by atoms with Crippen LogP contribution in [0.1, 0.15) is 16.1 Å². The number of carbonyl (C=O) groups is 1. The molecular weight excluding hydrogens is 226 g/mol. The molecule has 0 aliphatic rings. The van der Waals surface area contributed by atoms with Crippen LogP contribution < -0.4 is 11.3 Å². The predicted molar refractivity (Wildman–Crippen MR) is 65.1 cm³/mol. The van der Waals surface area contributed by atoms with E-state index >= 15 is 0 Å². The third kappa shape index (κ3) is 3.88. The van der Waals surface area contributed by atoms with E-state index in [1.165, 1.54) is 6.26 Å². The van der Waals surface area contributed by atoms with Crippen LogP contribution in [0.4, 0.5) is 0 Å². The number of carbonyl (C=O) groups excluding carboxylic acids is 1. The molecule has 0 fully saturated rings. The number of nitrogens with one attached hydrogen (secondary N) is 1. The van der Waals surface area contributed by atoms with Gasteiger partial charge in [-0.1, -0.05) is 0 Å². The molecule has 0 saturated carbocycles. The van der Waals surface area contributed by atoms with E-state index in [1.54, 1.807) is 17.8 Å². The maximum atomic E-state index is 11.3. The maximum absolute atomic E-state index is 11.3. The van der Waals surface area contributed by atoms with Crippen molar-refractivity contribution in [2.75, 3.05) is 26.4 Å². The Labute approximate surface area is 99.3 Å². The summed E-state index contributed by atoms with van der Waals surface area (Å²) < 4.78 is 5.08. The van der Waals surface area contributed by atoms with Gasteiger partial charge in [0.1, 0.15) is 0 Å². The van der Waals surface area contributed by atoms with Gasteiger partial charge in [-0.05, 0) is 20.2 Å². The first-order valence-corrected chi connectivity index (χ1v) is 6.10. The van der Waals surface area contributed by atoms with Crippen molar-refractivity contribution in [2.45, 2.75) is 5.75 Å². The number of hydrogen-bond donors (Lipinski definition) is 2. The number of nitrogens with two attached hydrogens (primary N) is 1. The molecular formula is C10H17N3O2S. The van der Waals surface area contributed by atoms with Gasteiger partial charge < -0.3 is 9.32 Å². The number of hydrazine groups is 1. The second-order valence-electron chi connectivity index (χ2n) is 3.60. The monoisotopic (exact) mass is 243 g/mol. The summed E-state index contributed by atoms with van der Waals surface area (Å²) in [4.78, 5) is 13.4. The summed E-state index contributed by atoms with van der Waals surface area (Å²) in [7, 11) is 4.07. The number of rotatable bonds is 6. The number of nitrogens with zero attached hydrogens (tertiary/aromatic N) is 1. The lowest BCUT2D eigenvalue weighted by Gasteiger charge is -2.08. The lowest BCUT2D eigenvalue weighted by atomic mass is 10.3. The van der Waals surface area contributed by atoms with Crippen molar-refractivity contribution in [3.05, 3.63) is 23.7 Å². The molecule has 0 unspecified atom stereocenters. The smallest absolute Gasteiger partial charge is 0.301 e. The Balaban J connectivity index is 2.42. The van der Waals surface area contributed by atoms with Gasteiger partial charge in [-0.2, -0.15) is 11.8 Å². The Morgan fingerprint density at radius 3 is 3.00 bits per heavy atom. The molecule has 6 heteroatoms. The van der Waals surface area contributed by atoms with Gasteiger partial charge in [0.25, 0.3) is 0 Å². The molecule has 0 atom stereocenters. The summed E-state index contributed by atoms with van der Waals surface area (Å²) in [5, 5.41) is 0. The molecule has 0 spiro atoms. The third-order valence-electron chi connectivity index (χ3n) is 2.02. The zero-order valence-corrected chi connectivity index (χ0v) is 10.3. The fourth-order valence-corrected chi connectivity index (χ4v) is 2.23. The average molecular weight is 243 g/mol. The maximum Gasteiger partial charge on any atom is 0.301 e. The van der Waals surface area contributed by atoms with Gasteiger partial charge in [0, 0.05) is 23.6 Å². The summed E-state index contributed by atoms with van der Waals surface area (Å²) >= 11 is 1.76. The minimum atomic E-state index is -0.381. The van der Waals surface area contributed by atoms with Crippen molar-refractivity contribution in [1.29, 1.82) is 0 Å². The van der Waals surface area contributed by atoms with Gasteiger partial charge in [-0.25, -0.2) is 5.84 Å². The Morgan fingerprint density at radius 2 is 2.38 bits per heavy atom. The second kappa shape index (κ2) is 6.57. The molecule has 1 amide bonds. The molecule has 90 valence electrons. The summed E-state index contributed by atoms with van der Waals surface area (Å²) in [6, 6.07) is 1.80. The first-order valence-electron chi connectivity index (χ1n) is 4.95. The Morgan fingerprint density at radius 1 is 1.62 bits per heavy atom. The van der Waals surface area contributed by atoms with Crippen molar-refractivity contribution in [3.63, 3.8) is 0 Å². The molecule has 1 rings (SSSR count). The lowest BCUT2D eigenvalue weighted by molar-refractivity contribution is 0.0925.